The van der Waals surface area contributed by atoms with Gasteiger partial charge >= 0.3 is 0 Å². The summed E-state index contributed by atoms with van der Waals surface area (Å²) in [5.41, 5.74) is 6.13. The molecule has 0 aromatic carbocycles. The van der Waals surface area contributed by atoms with Gasteiger partial charge in [-0.3, -0.25) is 0 Å². The Labute approximate surface area is 88.2 Å². The van der Waals surface area contributed by atoms with E-state index < -0.39 is 0 Å². The normalized spacial score (nSPS) is 30.2. The summed E-state index contributed by atoms with van der Waals surface area (Å²) in [5, 5.41) is 0. The lowest BCUT2D eigenvalue weighted by Crippen LogP contribution is -2.37. The minimum absolute atomic E-state index is 0.268. The molecule has 1 aliphatic rings. The number of nitrogens with two attached hydrogens (primary N) is 1. The van der Waals surface area contributed by atoms with Gasteiger partial charge in [0.25, 0.3) is 0 Å². The molecule has 0 aromatic heterocycles. The Bertz CT molecular complexity index is 149. The number of hydrogen-bond donors (Lipinski definition) is 1. The lowest BCUT2D eigenvalue weighted by molar-refractivity contribution is 0.0927. The van der Waals surface area contributed by atoms with Crippen molar-refractivity contribution in [1.29, 1.82) is 0 Å². The van der Waals surface area contributed by atoms with Gasteiger partial charge in [0.05, 0.1) is 6.61 Å². The molecule has 1 fully saturated rings. The average molecular weight is 199 g/mol. The van der Waals surface area contributed by atoms with E-state index in [2.05, 4.69) is 13.8 Å². The first kappa shape index (κ1) is 12.0. The third kappa shape index (κ3) is 3.97. The van der Waals surface area contributed by atoms with Crippen LogP contribution >= 0.6 is 0 Å². The molecular formula is C12H25NO. The van der Waals surface area contributed by atoms with E-state index in [4.69, 9.17) is 10.5 Å². The molecule has 0 bridgehead atoms. The van der Waals surface area contributed by atoms with Gasteiger partial charge in [0.2, 0.25) is 0 Å². The van der Waals surface area contributed by atoms with Crippen molar-refractivity contribution in [2.24, 2.45) is 17.6 Å². The Balaban J connectivity index is 2.18. The Morgan fingerprint density at radius 3 is 2.86 bits per heavy atom. The fourth-order valence-corrected chi connectivity index (χ4v) is 2.37. The molecular weight excluding hydrogens is 174 g/mol. The zero-order chi connectivity index (χ0) is 10.4. The summed E-state index contributed by atoms with van der Waals surface area (Å²) in [4.78, 5) is 0. The maximum absolute atomic E-state index is 6.13. The number of rotatable bonds is 5. The smallest absolute Gasteiger partial charge is 0.0620 e. The first-order valence-electron chi connectivity index (χ1n) is 6.07. The molecule has 1 saturated carbocycles. The van der Waals surface area contributed by atoms with Crippen LogP contribution in [0.5, 0.6) is 0 Å². The summed E-state index contributed by atoms with van der Waals surface area (Å²) < 4.78 is 5.51. The molecule has 0 amide bonds. The topological polar surface area (TPSA) is 35.2 Å². The zero-order valence-corrected chi connectivity index (χ0v) is 9.67. The molecule has 3 unspecified atom stereocenters. The summed E-state index contributed by atoms with van der Waals surface area (Å²) in [6.45, 7) is 6.08. The quantitative estimate of drug-likeness (QED) is 0.691. The van der Waals surface area contributed by atoms with Crippen molar-refractivity contribution < 1.29 is 4.74 Å². The van der Waals surface area contributed by atoms with E-state index >= 15 is 0 Å². The Morgan fingerprint density at radius 2 is 2.21 bits per heavy atom. The van der Waals surface area contributed by atoms with Crippen LogP contribution in [0.2, 0.25) is 0 Å². The van der Waals surface area contributed by atoms with Gasteiger partial charge in [0, 0.05) is 12.6 Å². The zero-order valence-electron chi connectivity index (χ0n) is 9.67. The summed E-state index contributed by atoms with van der Waals surface area (Å²) in [5.74, 6) is 1.57. The molecule has 2 nitrogen and oxygen atoms in total. The van der Waals surface area contributed by atoms with Gasteiger partial charge < -0.3 is 10.5 Å². The Hall–Kier alpha value is -0.0800. The van der Waals surface area contributed by atoms with Crippen molar-refractivity contribution in [3.8, 4) is 0 Å². The SMILES string of the molecule is CCCOCC(N)C1CCCC(C)C1. The van der Waals surface area contributed by atoms with Crippen LogP contribution in [0.3, 0.4) is 0 Å². The van der Waals surface area contributed by atoms with Crippen molar-refractivity contribution in [3.63, 3.8) is 0 Å². The van der Waals surface area contributed by atoms with Gasteiger partial charge in [-0.05, 0) is 31.1 Å². The van der Waals surface area contributed by atoms with Crippen LogP contribution in [0.25, 0.3) is 0 Å². The molecule has 2 heteroatoms. The largest absolute Gasteiger partial charge is 0.380 e. The van der Waals surface area contributed by atoms with Crippen molar-refractivity contribution in [1.82, 2.24) is 0 Å². The fourth-order valence-electron chi connectivity index (χ4n) is 2.37. The van der Waals surface area contributed by atoms with E-state index in [-0.39, 0.29) is 6.04 Å². The van der Waals surface area contributed by atoms with Crippen LogP contribution in [0.15, 0.2) is 0 Å². The second kappa shape index (κ2) is 6.41. The van der Waals surface area contributed by atoms with Gasteiger partial charge in [-0.2, -0.15) is 0 Å². The van der Waals surface area contributed by atoms with Crippen molar-refractivity contribution >= 4 is 0 Å². The van der Waals surface area contributed by atoms with E-state index in [0.29, 0.717) is 5.92 Å². The molecule has 0 aromatic rings. The van der Waals surface area contributed by atoms with E-state index in [9.17, 15) is 0 Å². The summed E-state index contributed by atoms with van der Waals surface area (Å²) in [6, 6.07) is 0.268. The highest BCUT2D eigenvalue weighted by Crippen LogP contribution is 2.30. The maximum Gasteiger partial charge on any atom is 0.0620 e. The van der Waals surface area contributed by atoms with Crippen molar-refractivity contribution in [2.75, 3.05) is 13.2 Å². The monoisotopic (exact) mass is 199 g/mol. The molecule has 0 radical (unpaired) electrons. The maximum atomic E-state index is 6.13. The van der Waals surface area contributed by atoms with Crippen LogP contribution in [0, 0.1) is 11.8 Å². The minimum Gasteiger partial charge on any atom is -0.380 e. The van der Waals surface area contributed by atoms with Gasteiger partial charge in [-0.15, -0.1) is 0 Å². The third-order valence-electron chi connectivity index (χ3n) is 3.24. The molecule has 14 heavy (non-hydrogen) atoms. The van der Waals surface area contributed by atoms with Gasteiger partial charge in [-0.25, -0.2) is 0 Å². The van der Waals surface area contributed by atoms with E-state index in [0.717, 1.165) is 25.6 Å². The first-order valence-corrected chi connectivity index (χ1v) is 6.07. The minimum atomic E-state index is 0.268. The van der Waals surface area contributed by atoms with Crippen LogP contribution in [0.1, 0.15) is 46.0 Å². The van der Waals surface area contributed by atoms with E-state index in [1.165, 1.54) is 25.7 Å². The highest BCUT2D eigenvalue weighted by molar-refractivity contribution is 4.78. The third-order valence-corrected chi connectivity index (χ3v) is 3.24. The molecule has 0 saturated heterocycles. The molecule has 1 rings (SSSR count). The standard InChI is InChI=1S/C12H25NO/c1-3-7-14-9-12(13)11-6-4-5-10(2)8-11/h10-12H,3-9,13H2,1-2H3. The highest BCUT2D eigenvalue weighted by atomic mass is 16.5. The molecule has 84 valence electrons. The summed E-state index contributed by atoms with van der Waals surface area (Å²) in [7, 11) is 0. The van der Waals surface area contributed by atoms with Crippen molar-refractivity contribution in [3.05, 3.63) is 0 Å². The van der Waals surface area contributed by atoms with Gasteiger partial charge in [0.1, 0.15) is 0 Å². The van der Waals surface area contributed by atoms with Gasteiger partial charge in [-0.1, -0.05) is 26.7 Å². The Morgan fingerprint density at radius 1 is 1.43 bits per heavy atom. The van der Waals surface area contributed by atoms with Crippen molar-refractivity contribution in [2.45, 2.75) is 52.0 Å². The number of hydrogen-bond acceptors (Lipinski definition) is 2. The fraction of sp³-hybridized carbons (Fsp3) is 1.00. The lowest BCUT2D eigenvalue weighted by atomic mass is 9.79. The summed E-state index contributed by atoms with van der Waals surface area (Å²) in [6.07, 6.45) is 6.44. The van der Waals surface area contributed by atoms with E-state index in [1.807, 2.05) is 0 Å². The molecule has 2 N–H and O–H groups in total. The molecule has 0 heterocycles. The van der Waals surface area contributed by atoms with Crippen LogP contribution < -0.4 is 5.73 Å². The Kier molecular flexibility index (Phi) is 5.49. The highest BCUT2D eigenvalue weighted by Gasteiger charge is 2.24. The lowest BCUT2D eigenvalue weighted by Gasteiger charge is -2.31. The van der Waals surface area contributed by atoms with Crippen LogP contribution in [-0.2, 0) is 4.74 Å². The predicted octanol–water partition coefficient (Wildman–Crippen LogP) is 2.57. The average Bonchev–Trinajstić information content (AvgIpc) is 2.18. The van der Waals surface area contributed by atoms with Crippen LogP contribution in [-0.4, -0.2) is 19.3 Å². The van der Waals surface area contributed by atoms with Gasteiger partial charge in [0.15, 0.2) is 0 Å². The molecule has 0 spiro atoms. The molecule has 0 aliphatic heterocycles. The molecule has 1 aliphatic carbocycles. The van der Waals surface area contributed by atoms with E-state index in [1.54, 1.807) is 0 Å². The second-order valence-electron chi connectivity index (χ2n) is 4.77. The second-order valence-corrected chi connectivity index (χ2v) is 4.77. The first-order chi connectivity index (χ1) is 6.74. The predicted molar refractivity (Wildman–Crippen MR) is 60.2 cm³/mol. The molecule has 3 atom stereocenters. The summed E-state index contributed by atoms with van der Waals surface area (Å²) >= 11 is 0. The van der Waals surface area contributed by atoms with Crippen LogP contribution in [0.4, 0.5) is 0 Å². The number of ether oxygens (including phenoxy) is 1.